The largest absolute Gasteiger partial charge is 0.461 e. The highest BCUT2D eigenvalue weighted by molar-refractivity contribution is 7.99. The first kappa shape index (κ1) is 16.1. The van der Waals surface area contributed by atoms with Gasteiger partial charge in [0.05, 0.1) is 11.3 Å². The monoisotopic (exact) mass is 344 g/mol. The lowest BCUT2D eigenvalue weighted by Gasteiger charge is -2.06. The first-order valence-electron chi connectivity index (χ1n) is 7.12. The lowest BCUT2D eigenvalue weighted by atomic mass is 10.2. The lowest BCUT2D eigenvalue weighted by molar-refractivity contribution is 0.0530. The Morgan fingerprint density at radius 1 is 1.17 bits per heavy atom. The molecule has 0 atom stereocenters. The van der Waals surface area contributed by atoms with Crippen LogP contribution >= 0.6 is 11.8 Å². The van der Waals surface area contributed by atoms with Gasteiger partial charge in [-0.15, -0.1) is 16.9 Å². The molecule has 0 unspecified atom stereocenters. The summed E-state index contributed by atoms with van der Waals surface area (Å²) >= 11 is 1.31. The van der Waals surface area contributed by atoms with Crippen LogP contribution in [-0.2, 0) is 4.74 Å². The Labute approximate surface area is 141 Å². The van der Waals surface area contributed by atoms with Gasteiger partial charge in [-0.2, -0.15) is 0 Å². The number of thioether (sulfide) groups is 1. The first-order chi connectivity index (χ1) is 11.7. The van der Waals surface area contributed by atoms with E-state index in [4.69, 9.17) is 4.74 Å². The van der Waals surface area contributed by atoms with E-state index in [2.05, 4.69) is 15.5 Å². The van der Waals surface area contributed by atoms with E-state index in [1.807, 2.05) is 0 Å². The Kier molecular flexibility index (Phi) is 5.17. The topological polar surface area (TPSA) is 69.9 Å². The summed E-state index contributed by atoms with van der Waals surface area (Å²) in [4.78, 5) is 12.5. The fourth-order valence-electron chi connectivity index (χ4n) is 1.96. The number of rotatable bonds is 6. The zero-order valence-corrected chi connectivity index (χ0v) is 13.3. The highest BCUT2D eigenvalue weighted by atomic mass is 32.2. The van der Waals surface area contributed by atoms with Crippen LogP contribution in [0.5, 0.6) is 0 Å². The van der Waals surface area contributed by atoms with E-state index in [1.165, 1.54) is 28.8 Å². The number of benzene rings is 2. The predicted molar refractivity (Wildman–Crippen MR) is 86.6 cm³/mol. The van der Waals surface area contributed by atoms with Gasteiger partial charge in [0, 0.05) is 10.6 Å². The molecule has 1 heterocycles. The van der Waals surface area contributed by atoms with Crippen LogP contribution < -0.4 is 0 Å². The number of hydrogen-bond acceptors (Lipinski definition) is 6. The molecule has 2 aromatic carbocycles. The van der Waals surface area contributed by atoms with Crippen molar-refractivity contribution in [1.29, 1.82) is 0 Å². The fourth-order valence-corrected chi connectivity index (χ4v) is 2.73. The molecular weight excluding hydrogens is 331 g/mol. The normalized spacial score (nSPS) is 10.5. The van der Waals surface area contributed by atoms with Crippen LogP contribution in [0.1, 0.15) is 10.4 Å². The number of aromatic nitrogens is 4. The second kappa shape index (κ2) is 7.69. The van der Waals surface area contributed by atoms with Crippen LogP contribution in [0.2, 0.25) is 0 Å². The molecule has 6 nitrogen and oxygen atoms in total. The average Bonchev–Trinajstić information content (AvgIpc) is 3.15. The van der Waals surface area contributed by atoms with E-state index < -0.39 is 5.97 Å². The number of hydrogen-bond donors (Lipinski definition) is 0. The molecule has 24 heavy (non-hydrogen) atoms. The lowest BCUT2D eigenvalue weighted by Crippen LogP contribution is -2.08. The third-order valence-electron chi connectivity index (χ3n) is 3.13. The van der Waals surface area contributed by atoms with Gasteiger partial charge in [-0.05, 0) is 46.8 Å². The molecule has 8 heteroatoms. The summed E-state index contributed by atoms with van der Waals surface area (Å²) in [6, 6.07) is 13.2. The van der Waals surface area contributed by atoms with Gasteiger partial charge in [0.2, 0.25) is 0 Å². The maximum Gasteiger partial charge on any atom is 0.338 e. The standard InChI is InChI=1S/C16H13FN4O2S/c17-14-3-1-2-4-15(14)24-10-9-23-16(22)12-5-7-13(8-6-12)21-11-18-19-20-21/h1-8,11H,9-10H2. The van der Waals surface area contributed by atoms with Gasteiger partial charge in [0.1, 0.15) is 18.8 Å². The van der Waals surface area contributed by atoms with Crippen molar-refractivity contribution in [3.05, 3.63) is 66.2 Å². The highest BCUT2D eigenvalue weighted by Gasteiger charge is 2.08. The molecule has 3 aromatic rings. The summed E-state index contributed by atoms with van der Waals surface area (Å²) in [7, 11) is 0. The molecule has 0 saturated heterocycles. The maximum absolute atomic E-state index is 13.5. The minimum Gasteiger partial charge on any atom is -0.461 e. The fraction of sp³-hybridized carbons (Fsp3) is 0.125. The number of esters is 1. The molecule has 0 bridgehead atoms. The number of nitrogens with zero attached hydrogens (tertiary/aromatic N) is 4. The van der Waals surface area contributed by atoms with Gasteiger partial charge < -0.3 is 4.74 Å². The third-order valence-corrected chi connectivity index (χ3v) is 4.14. The summed E-state index contributed by atoms with van der Waals surface area (Å²) < 4.78 is 20.1. The number of carbonyl (C=O) groups is 1. The molecule has 0 radical (unpaired) electrons. The van der Waals surface area contributed by atoms with Crippen molar-refractivity contribution >= 4 is 17.7 Å². The van der Waals surface area contributed by atoms with E-state index in [0.717, 1.165) is 5.69 Å². The van der Waals surface area contributed by atoms with Crippen molar-refractivity contribution in [2.24, 2.45) is 0 Å². The Hall–Kier alpha value is -2.74. The molecule has 0 saturated carbocycles. The molecule has 0 spiro atoms. The summed E-state index contributed by atoms with van der Waals surface area (Å²) in [5.41, 5.74) is 1.18. The predicted octanol–water partition coefficient (Wildman–Crippen LogP) is 2.75. The van der Waals surface area contributed by atoms with Crippen molar-refractivity contribution in [1.82, 2.24) is 20.2 Å². The van der Waals surface area contributed by atoms with Gasteiger partial charge in [-0.1, -0.05) is 12.1 Å². The second-order valence-electron chi connectivity index (χ2n) is 4.72. The van der Waals surface area contributed by atoms with E-state index in [0.29, 0.717) is 16.2 Å². The van der Waals surface area contributed by atoms with Crippen molar-refractivity contribution < 1.29 is 13.9 Å². The highest BCUT2D eigenvalue weighted by Crippen LogP contribution is 2.20. The van der Waals surface area contributed by atoms with Crippen LogP contribution in [0.3, 0.4) is 0 Å². The minimum absolute atomic E-state index is 0.201. The summed E-state index contributed by atoms with van der Waals surface area (Å²) in [6.07, 6.45) is 1.47. The van der Waals surface area contributed by atoms with E-state index >= 15 is 0 Å². The average molecular weight is 344 g/mol. The van der Waals surface area contributed by atoms with Crippen LogP contribution in [0.15, 0.2) is 59.8 Å². The number of halogens is 1. The van der Waals surface area contributed by atoms with E-state index in [9.17, 15) is 9.18 Å². The molecular formula is C16H13FN4O2S. The van der Waals surface area contributed by atoms with Crippen molar-refractivity contribution in [2.75, 3.05) is 12.4 Å². The summed E-state index contributed by atoms with van der Waals surface area (Å²) in [6.45, 7) is 0.201. The van der Waals surface area contributed by atoms with Gasteiger partial charge in [0.15, 0.2) is 0 Å². The molecule has 0 amide bonds. The van der Waals surface area contributed by atoms with E-state index in [1.54, 1.807) is 42.5 Å². The Morgan fingerprint density at radius 3 is 2.67 bits per heavy atom. The summed E-state index contributed by atoms with van der Waals surface area (Å²) in [5.74, 6) is -0.213. The van der Waals surface area contributed by atoms with Crippen LogP contribution in [-0.4, -0.2) is 38.5 Å². The van der Waals surface area contributed by atoms with Gasteiger partial charge in [-0.25, -0.2) is 13.9 Å². The molecule has 0 aliphatic rings. The molecule has 1 aromatic heterocycles. The zero-order chi connectivity index (χ0) is 16.8. The van der Waals surface area contributed by atoms with Crippen LogP contribution in [0.4, 0.5) is 4.39 Å². The molecule has 122 valence electrons. The maximum atomic E-state index is 13.5. The van der Waals surface area contributed by atoms with Crippen molar-refractivity contribution in [2.45, 2.75) is 4.90 Å². The molecule has 3 rings (SSSR count). The second-order valence-corrected chi connectivity index (χ2v) is 5.85. The smallest absolute Gasteiger partial charge is 0.338 e. The third kappa shape index (κ3) is 3.96. The van der Waals surface area contributed by atoms with E-state index in [-0.39, 0.29) is 12.4 Å². The van der Waals surface area contributed by atoms with Crippen molar-refractivity contribution in [3.8, 4) is 5.69 Å². The number of carbonyl (C=O) groups excluding carboxylic acids is 1. The SMILES string of the molecule is O=C(OCCSc1ccccc1F)c1ccc(-n2cnnn2)cc1. The van der Waals surface area contributed by atoms with Crippen molar-refractivity contribution in [3.63, 3.8) is 0 Å². The quantitative estimate of drug-likeness (QED) is 0.389. The molecule has 0 aliphatic heterocycles. The summed E-state index contributed by atoms with van der Waals surface area (Å²) in [5, 5.41) is 10.9. The molecule has 0 N–H and O–H groups in total. The zero-order valence-electron chi connectivity index (χ0n) is 12.5. The Balaban J connectivity index is 1.49. The Bertz CT molecular complexity index is 809. The van der Waals surface area contributed by atoms with Crippen LogP contribution in [0, 0.1) is 5.82 Å². The molecule has 0 fully saturated rings. The first-order valence-corrected chi connectivity index (χ1v) is 8.10. The van der Waals surface area contributed by atoms with Gasteiger partial charge >= 0.3 is 5.97 Å². The number of ether oxygens (including phenoxy) is 1. The van der Waals surface area contributed by atoms with Crippen LogP contribution in [0.25, 0.3) is 5.69 Å². The number of tetrazole rings is 1. The van der Waals surface area contributed by atoms with Gasteiger partial charge in [-0.3, -0.25) is 0 Å². The minimum atomic E-state index is -0.424. The molecule has 0 aliphatic carbocycles. The Morgan fingerprint density at radius 2 is 1.96 bits per heavy atom. The van der Waals surface area contributed by atoms with Gasteiger partial charge in [0.25, 0.3) is 0 Å².